The maximum absolute atomic E-state index is 14.7. The second-order valence-corrected chi connectivity index (χ2v) is 7.76. The minimum Gasteiger partial charge on any atom is -0.461 e. The van der Waals surface area contributed by atoms with E-state index in [9.17, 15) is 26.3 Å². The molecule has 4 rings (SSSR count). The van der Waals surface area contributed by atoms with Gasteiger partial charge in [0.15, 0.2) is 23.1 Å². The number of nitrogens with zero attached hydrogens (tertiary/aromatic N) is 2. The van der Waals surface area contributed by atoms with Crippen LogP contribution in [0, 0.1) is 11.6 Å². The molecule has 0 fully saturated rings. The molecule has 34 heavy (non-hydrogen) atoms. The highest BCUT2D eigenvalue weighted by Crippen LogP contribution is 2.42. The summed E-state index contributed by atoms with van der Waals surface area (Å²) in [5.74, 6) is -5.29. The number of nitrogens with one attached hydrogen (secondary N) is 2. The van der Waals surface area contributed by atoms with Gasteiger partial charge in [-0.15, -0.1) is 0 Å². The van der Waals surface area contributed by atoms with Crippen LogP contribution < -0.4 is 10.1 Å². The summed E-state index contributed by atoms with van der Waals surface area (Å²) in [5, 5.41) is 11.4. The number of rotatable bonds is 5. The molecule has 0 saturated heterocycles. The number of benzene rings is 1. The smallest absolute Gasteiger partial charge is 0.395 e. The van der Waals surface area contributed by atoms with Crippen molar-refractivity contribution < 1.29 is 40.9 Å². The number of ether oxygens (including phenoxy) is 2. The van der Waals surface area contributed by atoms with Gasteiger partial charge in [-0.2, -0.15) is 13.2 Å². The number of hydrogen-bond acceptors (Lipinski definition) is 6. The number of amidine groups is 1. The maximum atomic E-state index is 14.7. The summed E-state index contributed by atoms with van der Waals surface area (Å²) >= 11 is 0. The Balaban J connectivity index is 1.62. The standard InChI is InChI=1S/C21H18F6N4O3/c1-10(21(25,26)27)12-6-29-18-16(12)15(2-3-28-18)34-17-13(22)4-11(5-14(17)23)31-19-30-7-20(24,8-32)9-33-19/h2-6,10,32H,7-9H2,1H3,(H,28,29)(H,30,31)/t10-,20-/m1/s1. The fraction of sp³-hybridized carbons (Fsp3) is 0.333. The Bertz CT molecular complexity index is 1220. The van der Waals surface area contributed by atoms with E-state index in [0.29, 0.717) is 0 Å². The summed E-state index contributed by atoms with van der Waals surface area (Å²) in [5.41, 5.74) is -2.31. The molecule has 0 bridgehead atoms. The van der Waals surface area contributed by atoms with Gasteiger partial charge in [0.1, 0.15) is 18.0 Å². The molecule has 182 valence electrons. The number of anilines is 1. The number of aliphatic imine (C=N–C) groups is 1. The van der Waals surface area contributed by atoms with E-state index in [2.05, 4.69) is 20.3 Å². The molecule has 2 atom stereocenters. The molecule has 7 nitrogen and oxygen atoms in total. The Labute approximate surface area is 188 Å². The van der Waals surface area contributed by atoms with Crippen molar-refractivity contribution in [3.63, 3.8) is 0 Å². The molecule has 13 heteroatoms. The molecule has 0 saturated carbocycles. The van der Waals surface area contributed by atoms with Crippen molar-refractivity contribution in [1.29, 1.82) is 0 Å². The summed E-state index contributed by atoms with van der Waals surface area (Å²) in [7, 11) is 0. The van der Waals surface area contributed by atoms with Crippen LogP contribution in [0.15, 0.2) is 35.6 Å². The average molecular weight is 488 g/mol. The number of aromatic nitrogens is 2. The van der Waals surface area contributed by atoms with Crippen LogP contribution in [0.2, 0.25) is 0 Å². The van der Waals surface area contributed by atoms with Crippen LogP contribution in [0.5, 0.6) is 11.5 Å². The lowest BCUT2D eigenvalue weighted by atomic mass is 10.0. The lowest BCUT2D eigenvalue weighted by Gasteiger charge is -2.26. The third-order valence-electron chi connectivity index (χ3n) is 5.24. The third kappa shape index (κ3) is 4.60. The van der Waals surface area contributed by atoms with Crippen LogP contribution in [0.25, 0.3) is 11.0 Å². The normalized spacial score (nSPS) is 19.5. The van der Waals surface area contributed by atoms with Gasteiger partial charge in [0.05, 0.1) is 24.5 Å². The van der Waals surface area contributed by atoms with Gasteiger partial charge in [-0.05, 0) is 18.6 Å². The van der Waals surface area contributed by atoms with E-state index in [-0.39, 0.29) is 34.1 Å². The molecule has 0 spiro atoms. The van der Waals surface area contributed by atoms with Crippen molar-refractivity contribution in [3.8, 4) is 11.5 Å². The fourth-order valence-corrected chi connectivity index (χ4v) is 3.29. The second-order valence-electron chi connectivity index (χ2n) is 7.76. The zero-order chi connectivity index (χ0) is 24.7. The molecule has 2 aromatic heterocycles. The second kappa shape index (κ2) is 8.70. The number of aliphatic hydroxyl groups excluding tert-OH is 1. The van der Waals surface area contributed by atoms with E-state index in [4.69, 9.17) is 14.6 Å². The van der Waals surface area contributed by atoms with E-state index < -0.39 is 54.9 Å². The molecule has 1 aliphatic rings. The highest BCUT2D eigenvalue weighted by Gasteiger charge is 2.39. The largest absolute Gasteiger partial charge is 0.461 e. The molecule has 1 aliphatic heterocycles. The number of aliphatic hydroxyl groups is 1. The third-order valence-corrected chi connectivity index (χ3v) is 5.24. The number of H-pyrrole nitrogens is 1. The first kappa shape index (κ1) is 23.7. The van der Waals surface area contributed by atoms with Crippen LogP contribution in [0.1, 0.15) is 18.4 Å². The predicted octanol–water partition coefficient (Wildman–Crippen LogP) is 4.80. The van der Waals surface area contributed by atoms with E-state index in [1.807, 2.05) is 0 Å². The molecule has 3 N–H and O–H groups in total. The molecule has 3 aromatic rings. The predicted molar refractivity (Wildman–Crippen MR) is 110 cm³/mol. The first-order chi connectivity index (χ1) is 16.0. The zero-order valence-corrected chi connectivity index (χ0v) is 17.5. The molecule has 3 heterocycles. The Hall–Kier alpha value is -3.48. The molecule has 0 aliphatic carbocycles. The van der Waals surface area contributed by atoms with Gasteiger partial charge in [-0.3, -0.25) is 0 Å². The van der Waals surface area contributed by atoms with Gasteiger partial charge < -0.3 is 24.9 Å². The minimum absolute atomic E-state index is 0.0574. The maximum Gasteiger partial charge on any atom is 0.395 e. The summed E-state index contributed by atoms with van der Waals surface area (Å²) in [6.07, 6.45) is -2.22. The van der Waals surface area contributed by atoms with Crippen molar-refractivity contribution in [2.75, 3.05) is 25.1 Å². The number of hydrogen-bond donors (Lipinski definition) is 3. The zero-order valence-electron chi connectivity index (χ0n) is 17.5. The van der Waals surface area contributed by atoms with Gasteiger partial charge in [0.25, 0.3) is 6.02 Å². The van der Waals surface area contributed by atoms with Crippen LogP contribution in [0.3, 0.4) is 0 Å². The van der Waals surface area contributed by atoms with E-state index in [0.717, 1.165) is 25.3 Å². The Morgan fingerprint density at radius 3 is 2.59 bits per heavy atom. The number of pyridine rings is 1. The van der Waals surface area contributed by atoms with Crippen molar-refractivity contribution >= 4 is 22.7 Å². The topological polar surface area (TPSA) is 91.8 Å². The first-order valence-corrected chi connectivity index (χ1v) is 9.94. The quantitative estimate of drug-likeness (QED) is 0.449. The summed E-state index contributed by atoms with van der Waals surface area (Å²) in [4.78, 5) is 10.3. The summed E-state index contributed by atoms with van der Waals surface area (Å²) in [6, 6.07) is 2.69. The van der Waals surface area contributed by atoms with Crippen LogP contribution in [-0.2, 0) is 4.74 Å². The first-order valence-electron chi connectivity index (χ1n) is 9.94. The fourth-order valence-electron chi connectivity index (χ4n) is 3.29. The lowest BCUT2D eigenvalue weighted by molar-refractivity contribution is -0.146. The Morgan fingerprint density at radius 2 is 2.00 bits per heavy atom. The van der Waals surface area contributed by atoms with Crippen LogP contribution in [-0.4, -0.2) is 52.7 Å². The molecule has 0 amide bonds. The highest BCUT2D eigenvalue weighted by atomic mass is 19.4. The molecule has 0 unspecified atom stereocenters. The lowest BCUT2D eigenvalue weighted by Crippen LogP contribution is -2.43. The van der Waals surface area contributed by atoms with E-state index in [1.165, 1.54) is 12.3 Å². The Morgan fingerprint density at radius 1 is 1.29 bits per heavy atom. The molecule has 0 radical (unpaired) electrons. The molecule has 1 aromatic carbocycles. The molecular formula is C21H18F6N4O3. The van der Waals surface area contributed by atoms with Crippen molar-refractivity contribution in [2.24, 2.45) is 4.99 Å². The average Bonchev–Trinajstić information content (AvgIpc) is 3.21. The minimum atomic E-state index is -4.56. The Kier molecular flexibility index (Phi) is 6.06. The molecular weight excluding hydrogens is 470 g/mol. The van der Waals surface area contributed by atoms with Crippen molar-refractivity contribution in [3.05, 3.63) is 47.8 Å². The van der Waals surface area contributed by atoms with Crippen molar-refractivity contribution in [1.82, 2.24) is 9.97 Å². The SMILES string of the molecule is C[C@H](c1c[nH]c2nccc(Oc3c(F)cc(NC4=NC[C@@](F)(CO)CO4)cc3F)c12)C(F)(F)F. The number of alkyl halides is 4. The van der Waals surface area contributed by atoms with Gasteiger partial charge in [0, 0.05) is 30.2 Å². The number of halogens is 6. The van der Waals surface area contributed by atoms with Gasteiger partial charge in [0.2, 0.25) is 0 Å². The summed E-state index contributed by atoms with van der Waals surface area (Å²) < 4.78 is 93.6. The van der Waals surface area contributed by atoms with Gasteiger partial charge in [-0.25, -0.2) is 23.1 Å². The monoisotopic (exact) mass is 488 g/mol. The van der Waals surface area contributed by atoms with Gasteiger partial charge in [-0.1, -0.05) is 0 Å². The van der Waals surface area contributed by atoms with E-state index in [1.54, 1.807) is 0 Å². The summed E-state index contributed by atoms with van der Waals surface area (Å²) in [6.45, 7) is -0.767. The van der Waals surface area contributed by atoms with Gasteiger partial charge >= 0.3 is 6.18 Å². The van der Waals surface area contributed by atoms with Crippen LogP contribution >= 0.6 is 0 Å². The number of aromatic amines is 1. The van der Waals surface area contributed by atoms with Crippen LogP contribution in [0.4, 0.5) is 32.0 Å². The van der Waals surface area contributed by atoms with Crippen molar-refractivity contribution in [2.45, 2.75) is 24.7 Å². The highest BCUT2D eigenvalue weighted by molar-refractivity contribution is 5.90. The number of fused-ring (bicyclic) bond motifs is 1. The van der Waals surface area contributed by atoms with E-state index >= 15 is 0 Å².